The van der Waals surface area contributed by atoms with Gasteiger partial charge in [-0.25, -0.2) is 0 Å². The van der Waals surface area contributed by atoms with Gasteiger partial charge in [0.1, 0.15) is 6.10 Å². The van der Waals surface area contributed by atoms with Crippen LogP contribution in [0.15, 0.2) is 0 Å². The van der Waals surface area contributed by atoms with Gasteiger partial charge in [0.15, 0.2) is 0 Å². The monoisotopic (exact) mass is 334 g/mol. The second kappa shape index (κ2) is 21.8. The van der Waals surface area contributed by atoms with E-state index in [1.807, 2.05) is 0 Å². The Morgan fingerprint density at radius 1 is 0.522 bits per heavy atom. The quantitative estimate of drug-likeness (QED) is 0.343. The average molecular weight is 335 g/mol. The van der Waals surface area contributed by atoms with Crippen LogP contribution in [-0.2, 0) is 0 Å². The maximum atomic E-state index is 9.68. The van der Waals surface area contributed by atoms with Crippen LogP contribution in [0.5, 0.6) is 0 Å². The molecule has 4 N–H and O–H groups in total. The van der Waals surface area contributed by atoms with E-state index in [4.69, 9.17) is 15.3 Å². The minimum absolute atomic E-state index is 0.0282. The summed E-state index contributed by atoms with van der Waals surface area (Å²) >= 11 is 0. The van der Waals surface area contributed by atoms with Crippen LogP contribution in [0.25, 0.3) is 0 Å². The second-order valence-corrected chi connectivity index (χ2v) is 6.43. The predicted molar refractivity (Wildman–Crippen MR) is 97.6 cm³/mol. The van der Waals surface area contributed by atoms with E-state index in [9.17, 15) is 5.11 Å². The van der Waals surface area contributed by atoms with Crippen molar-refractivity contribution in [3.05, 3.63) is 0 Å². The van der Waals surface area contributed by atoms with Crippen LogP contribution in [0.2, 0.25) is 0 Å². The number of aliphatic hydroxyl groups excluding tert-OH is 4. The molecule has 0 aromatic rings. The first-order valence-corrected chi connectivity index (χ1v) is 9.70. The lowest BCUT2D eigenvalue weighted by Crippen LogP contribution is -2.15. The van der Waals surface area contributed by atoms with Gasteiger partial charge in [-0.2, -0.15) is 0 Å². The first-order valence-electron chi connectivity index (χ1n) is 9.70. The highest BCUT2D eigenvalue weighted by Gasteiger charge is 2.02. The fraction of sp³-hybridized carbons (Fsp3) is 1.00. The third-order valence-electron chi connectivity index (χ3n) is 3.95. The molecule has 0 saturated heterocycles. The molecule has 4 nitrogen and oxygen atoms in total. The van der Waals surface area contributed by atoms with Crippen molar-refractivity contribution in [1.29, 1.82) is 0 Å². The third-order valence-corrected chi connectivity index (χ3v) is 3.95. The van der Waals surface area contributed by atoms with Crippen molar-refractivity contribution in [3.8, 4) is 0 Å². The molecule has 0 aliphatic rings. The highest BCUT2D eigenvalue weighted by molar-refractivity contribution is 4.56. The Morgan fingerprint density at radius 3 is 1.30 bits per heavy atom. The predicted octanol–water partition coefficient (Wildman–Crippen LogP) is 3.79. The van der Waals surface area contributed by atoms with Crippen molar-refractivity contribution in [2.45, 2.75) is 110 Å². The Balaban J connectivity index is 0. The molecular formula is C19H42O4. The van der Waals surface area contributed by atoms with Crippen LogP contribution < -0.4 is 0 Å². The normalized spacial score (nSPS) is 12.1. The first-order chi connectivity index (χ1) is 11.1. The Kier molecular flexibility index (Phi) is 23.8. The van der Waals surface area contributed by atoms with E-state index in [1.165, 1.54) is 70.6 Å². The van der Waals surface area contributed by atoms with Crippen molar-refractivity contribution in [1.82, 2.24) is 0 Å². The van der Waals surface area contributed by atoms with E-state index in [0.717, 1.165) is 12.8 Å². The number of hydrogen-bond donors (Lipinski definition) is 4. The number of unbranched alkanes of at least 4 members (excludes halogenated alkanes) is 9. The van der Waals surface area contributed by atoms with Gasteiger partial charge in [0.25, 0.3) is 0 Å². The Morgan fingerprint density at radius 2 is 0.913 bits per heavy atom. The van der Waals surface area contributed by atoms with Gasteiger partial charge in [0.05, 0.1) is 19.3 Å². The maximum absolute atomic E-state index is 9.68. The largest absolute Gasteiger partial charge is 0.394 e. The molecule has 0 aliphatic carbocycles. The molecule has 1 atom stereocenters. The minimum Gasteiger partial charge on any atom is -0.394 e. The zero-order valence-electron chi connectivity index (χ0n) is 15.6. The molecule has 0 bridgehead atoms. The SMILES string of the molecule is CCCCCCCCCCCC(O)CCCC.OCC(O)CO. The van der Waals surface area contributed by atoms with E-state index in [1.54, 1.807) is 0 Å². The molecule has 0 amide bonds. The molecule has 0 rings (SSSR count). The summed E-state index contributed by atoms with van der Waals surface area (Å²) in [5.74, 6) is 0. The fourth-order valence-electron chi connectivity index (χ4n) is 2.33. The smallest absolute Gasteiger partial charge is 0.100 e. The van der Waals surface area contributed by atoms with Gasteiger partial charge >= 0.3 is 0 Å². The minimum atomic E-state index is -0.954. The summed E-state index contributed by atoms with van der Waals surface area (Å²) in [6.07, 6.45) is 15.7. The van der Waals surface area contributed by atoms with Gasteiger partial charge in [-0.3, -0.25) is 0 Å². The van der Waals surface area contributed by atoms with Crippen LogP contribution in [0.1, 0.15) is 97.3 Å². The van der Waals surface area contributed by atoms with Gasteiger partial charge < -0.3 is 20.4 Å². The zero-order chi connectivity index (χ0) is 17.8. The molecule has 0 saturated carbocycles. The van der Waals surface area contributed by atoms with Crippen molar-refractivity contribution < 1.29 is 20.4 Å². The molecular weight excluding hydrogens is 292 g/mol. The summed E-state index contributed by atoms with van der Waals surface area (Å²) in [4.78, 5) is 0. The van der Waals surface area contributed by atoms with Crippen LogP contribution in [0.4, 0.5) is 0 Å². The Hall–Kier alpha value is -0.160. The summed E-state index contributed by atoms with van der Waals surface area (Å²) in [5, 5.41) is 33.7. The van der Waals surface area contributed by atoms with Crippen LogP contribution in [0, 0.1) is 0 Å². The molecule has 0 heterocycles. The van der Waals surface area contributed by atoms with Gasteiger partial charge in [-0.05, 0) is 12.8 Å². The topological polar surface area (TPSA) is 80.9 Å². The molecule has 142 valence electrons. The van der Waals surface area contributed by atoms with Gasteiger partial charge in [-0.15, -0.1) is 0 Å². The molecule has 0 aromatic carbocycles. The number of aliphatic hydroxyl groups is 4. The molecule has 0 aliphatic heterocycles. The molecule has 23 heavy (non-hydrogen) atoms. The molecule has 0 fully saturated rings. The molecule has 1 unspecified atom stereocenters. The number of rotatable bonds is 15. The third kappa shape index (κ3) is 24.2. The van der Waals surface area contributed by atoms with Gasteiger partial charge in [-0.1, -0.05) is 84.5 Å². The molecule has 0 spiro atoms. The van der Waals surface area contributed by atoms with E-state index in [2.05, 4.69) is 13.8 Å². The van der Waals surface area contributed by atoms with Crippen molar-refractivity contribution in [2.75, 3.05) is 13.2 Å². The summed E-state index contributed by atoms with van der Waals surface area (Å²) in [6.45, 7) is 3.72. The molecule has 0 aromatic heterocycles. The highest BCUT2D eigenvalue weighted by Crippen LogP contribution is 2.13. The summed E-state index contributed by atoms with van der Waals surface area (Å²) < 4.78 is 0. The van der Waals surface area contributed by atoms with E-state index < -0.39 is 6.10 Å². The number of hydrogen-bond acceptors (Lipinski definition) is 4. The second-order valence-electron chi connectivity index (χ2n) is 6.43. The fourth-order valence-corrected chi connectivity index (χ4v) is 2.33. The lowest BCUT2D eigenvalue weighted by molar-refractivity contribution is 0.0450. The summed E-state index contributed by atoms with van der Waals surface area (Å²) in [6, 6.07) is 0. The highest BCUT2D eigenvalue weighted by atomic mass is 16.3. The zero-order valence-corrected chi connectivity index (χ0v) is 15.6. The lowest BCUT2D eigenvalue weighted by Gasteiger charge is -2.09. The Labute approximate surface area is 143 Å². The van der Waals surface area contributed by atoms with E-state index in [-0.39, 0.29) is 19.3 Å². The average Bonchev–Trinajstić information content (AvgIpc) is 2.58. The van der Waals surface area contributed by atoms with E-state index in [0.29, 0.717) is 0 Å². The van der Waals surface area contributed by atoms with Crippen LogP contribution in [0.3, 0.4) is 0 Å². The van der Waals surface area contributed by atoms with E-state index >= 15 is 0 Å². The summed E-state index contributed by atoms with van der Waals surface area (Å²) in [7, 11) is 0. The molecule has 0 radical (unpaired) electrons. The standard InChI is InChI=1S/C16H34O.C3H8O3/c1-3-5-7-8-9-10-11-12-13-15-16(17)14-6-4-2;4-1-3(6)2-5/h16-17H,3-15H2,1-2H3;3-6H,1-2H2. The van der Waals surface area contributed by atoms with Crippen LogP contribution >= 0.6 is 0 Å². The molecule has 4 heteroatoms. The van der Waals surface area contributed by atoms with Crippen molar-refractivity contribution in [2.24, 2.45) is 0 Å². The van der Waals surface area contributed by atoms with Crippen molar-refractivity contribution >= 4 is 0 Å². The van der Waals surface area contributed by atoms with Gasteiger partial charge in [0.2, 0.25) is 0 Å². The summed E-state index contributed by atoms with van der Waals surface area (Å²) in [5.41, 5.74) is 0. The Bertz CT molecular complexity index is 196. The van der Waals surface area contributed by atoms with Crippen molar-refractivity contribution in [3.63, 3.8) is 0 Å². The maximum Gasteiger partial charge on any atom is 0.100 e. The van der Waals surface area contributed by atoms with Gasteiger partial charge in [0, 0.05) is 0 Å². The lowest BCUT2D eigenvalue weighted by atomic mass is 10.0. The first kappa shape index (κ1) is 25.1. The van der Waals surface area contributed by atoms with Crippen LogP contribution in [-0.4, -0.2) is 45.8 Å².